The fourth-order valence-corrected chi connectivity index (χ4v) is 5.22. The van der Waals surface area contributed by atoms with Crippen LogP contribution in [-0.2, 0) is 11.2 Å². The van der Waals surface area contributed by atoms with Crippen LogP contribution in [0, 0.1) is 0 Å². The van der Waals surface area contributed by atoms with Gasteiger partial charge >= 0.3 is 0 Å². The molecule has 2 fully saturated rings. The van der Waals surface area contributed by atoms with E-state index in [0.29, 0.717) is 37.4 Å². The van der Waals surface area contributed by atoms with Gasteiger partial charge < -0.3 is 14.5 Å². The van der Waals surface area contributed by atoms with E-state index >= 15 is 0 Å². The lowest BCUT2D eigenvalue weighted by Gasteiger charge is -2.34. The lowest BCUT2D eigenvalue weighted by atomic mass is 10.00. The monoisotopic (exact) mass is 384 g/mol. The largest absolute Gasteiger partial charge is 0.378 e. The lowest BCUT2D eigenvalue weighted by molar-refractivity contribution is 0.0300. The van der Waals surface area contributed by atoms with E-state index in [-0.39, 0.29) is 23.9 Å². The number of carbonyl (C=O) groups excluding carboxylic acids is 2. The number of hydrogen-bond donors (Lipinski definition) is 0. The summed E-state index contributed by atoms with van der Waals surface area (Å²) >= 11 is 1.39. The topological polar surface area (TPSA) is 75.6 Å². The molecule has 2 atom stereocenters. The van der Waals surface area contributed by atoms with E-state index in [1.807, 2.05) is 17.0 Å². The zero-order chi connectivity index (χ0) is 18.4. The molecule has 0 radical (unpaired) electrons. The maximum atomic E-state index is 13.5. The van der Waals surface area contributed by atoms with Gasteiger partial charge in [0.25, 0.3) is 11.8 Å². The Morgan fingerprint density at radius 3 is 2.59 bits per heavy atom. The first-order valence-electron chi connectivity index (χ1n) is 9.34. The lowest BCUT2D eigenvalue weighted by Crippen LogP contribution is -2.44. The zero-order valence-electron chi connectivity index (χ0n) is 14.8. The average Bonchev–Trinajstić information content (AvgIpc) is 3.32. The number of rotatable bonds is 2. The molecular formula is C19H20N4O3S. The van der Waals surface area contributed by atoms with Gasteiger partial charge in [0.15, 0.2) is 0 Å². The average molecular weight is 384 g/mol. The molecule has 3 aliphatic heterocycles. The Labute approximate surface area is 161 Å². The maximum absolute atomic E-state index is 13.5. The first kappa shape index (κ1) is 16.8. The van der Waals surface area contributed by atoms with Crippen molar-refractivity contribution in [1.29, 1.82) is 0 Å². The predicted molar refractivity (Wildman–Crippen MR) is 98.7 cm³/mol. The number of carbonyl (C=O) groups is 2. The Kier molecular flexibility index (Phi) is 4.17. The SMILES string of the molecule is O=C(c1ccccc1C(=O)N1[C@H]2CC[C@@H]1c1snnc1C2)N1CCOCC1. The van der Waals surface area contributed by atoms with Crippen LogP contribution in [0.2, 0.25) is 0 Å². The molecule has 1 aromatic heterocycles. The summed E-state index contributed by atoms with van der Waals surface area (Å²) in [7, 11) is 0. The van der Waals surface area contributed by atoms with Crippen LogP contribution in [-0.4, -0.2) is 63.5 Å². The van der Waals surface area contributed by atoms with Gasteiger partial charge in [-0.25, -0.2) is 0 Å². The van der Waals surface area contributed by atoms with Crippen molar-refractivity contribution >= 4 is 23.3 Å². The van der Waals surface area contributed by atoms with E-state index in [1.165, 1.54) is 11.5 Å². The number of fused-ring (bicyclic) bond motifs is 4. The first-order chi connectivity index (χ1) is 13.2. The second kappa shape index (κ2) is 6.69. The van der Waals surface area contributed by atoms with Crippen LogP contribution in [0.15, 0.2) is 24.3 Å². The van der Waals surface area contributed by atoms with Crippen LogP contribution < -0.4 is 0 Å². The second-order valence-electron chi connectivity index (χ2n) is 7.20. The van der Waals surface area contributed by atoms with Gasteiger partial charge in [-0.1, -0.05) is 16.6 Å². The summed E-state index contributed by atoms with van der Waals surface area (Å²) in [5.41, 5.74) is 2.01. The molecule has 2 aromatic rings. The van der Waals surface area contributed by atoms with Crippen molar-refractivity contribution in [3.63, 3.8) is 0 Å². The van der Waals surface area contributed by atoms with Gasteiger partial charge in [0.1, 0.15) is 0 Å². The van der Waals surface area contributed by atoms with Crippen molar-refractivity contribution in [2.24, 2.45) is 0 Å². The molecular weight excluding hydrogens is 364 g/mol. The molecule has 0 aliphatic carbocycles. The fourth-order valence-electron chi connectivity index (χ4n) is 4.41. The van der Waals surface area contributed by atoms with Crippen LogP contribution >= 0.6 is 11.5 Å². The standard InChI is InChI=1S/C19H20N4O3S/c24-18(22-7-9-26-10-8-22)13-3-1-2-4-14(13)19(25)23-12-5-6-16(23)17-15(11-12)20-21-27-17/h1-4,12,16H,5-11H2/t12-,16+/m0/s1. The molecule has 5 rings (SSSR count). The second-order valence-corrected chi connectivity index (χ2v) is 7.98. The van der Waals surface area contributed by atoms with E-state index in [4.69, 9.17) is 4.74 Å². The highest BCUT2D eigenvalue weighted by molar-refractivity contribution is 7.05. The number of amides is 2. The van der Waals surface area contributed by atoms with Crippen molar-refractivity contribution in [2.75, 3.05) is 26.3 Å². The van der Waals surface area contributed by atoms with Crippen LogP contribution in [0.3, 0.4) is 0 Å². The Morgan fingerprint density at radius 2 is 1.81 bits per heavy atom. The highest BCUT2D eigenvalue weighted by Gasteiger charge is 2.45. The summed E-state index contributed by atoms with van der Waals surface area (Å²) in [5.74, 6) is -0.148. The Bertz CT molecular complexity index is 893. The summed E-state index contributed by atoms with van der Waals surface area (Å²) in [5, 5.41) is 4.23. The molecule has 4 heterocycles. The molecule has 0 saturated carbocycles. The number of nitrogens with zero attached hydrogens (tertiary/aromatic N) is 4. The smallest absolute Gasteiger partial charge is 0.255 e. The van der Waals surface area contributed by atoms with Gasteiger partial charge in [0.05, 0.1) is 41.0 Å². The van der Waals surface area contributed by atoms with Crippen molar-refractivity contribution < 1.29 is 14.3 Å². The summed E-state index contributed by atoms with van der Waals surface area (Å²) in [6.07, 6.45) is 2.67. The van der Waals surface area contributed by atoms with Gasteiger partial charge in [0.2, 0.25) is 0 Å². The highest BCUT2D eigenvalue weighted by atomic mass is 32.1. The van der Waals surface area contributed by atoms with Crippen molar-refractivity contribution in [3.05, 3.63) is 46.0 Å². The summed E-state index contributed by atoms with van der Waals surface area (Å²) < 4.78 is 9.42. The Hall–Kier alpha value is -2.32. The Balaban J connectivity index is 1.47. The summed E-state index contributed by atoms with van der Waals surface area (Å²) in [6.45, 7) is 2.21. The van der Waals surface area contributed by atoms with Gasteiger partial charge in [-0.3, -0.25) is 9.59 Å². The van der Waals surface area contributed by atoms with Crippen molar-refractivity contribution in [3.8, 4) is 0 Å². The van der Waals surface area contributed by atoms with Crippen LogP contribution in [0.5, 0.6) is 0 Å². The van der Waals surface area contributed by atoms with E-state index in [9.17, 15) is 9.59 Å². The molecule has 0 unspecified atom stereocenters. The number of benzene rings is 1. The Morgan fingerprint density at radius 1 is 1.07 bits per heavy atom. The molecule has 140 valence electrons. The maximum Gasteiger partial charge on any atom is 0.255 e. The minimum atomic E-state index is -0.0910. The van der Waals surface area contributed by atoms with Crippen LogP contribution in [0.1, 0.15) is 50.2 Å². The van der Waals surface area contributed by atoms with E-state index < -0.39 is 0 Å². The quantitative estimate of drug-likeness (QED) is 0.791. The molecule has 8 heteroatoms. The molecule has 2 amide bonds. The summed E-state index contributed by atoms with van der Waals surface area (Å²) in [4.78, 5) is 31.4. The van der Waals surface area contributed by atoms with Crippen LogP contribution in [0.25, 0.3) is 0 Å². The number of aromatic nitrogens is 2. The molecule has 0 spiro atoms. The van der Waals surface area contributed by atoms with Crippen molar-refractivity contribution in [2.45, 2.75) is 31.3 Å². The third kappa shape index (κ3) is 2.74. The number of morpholine rings is 1. The van der Waals surface area contributed by atoms with E-state index in [0.717, 1.165) is 29.8 Å². The minimum absolute atomic E-state index is 0.0396. The van der Waals surface area contributed by atoms with Gasteiger partial charge in [0, 0.05) is 25.6 Å². The number of ether oxygens (including phenoxy) is 1. The van der Waals surface area contributed by atoms with E-state index in [2.05, 4.69) is 9.59 Å². The highest BCUT2D eigenvalue weighted by Crippen LogP contribution is 2.45. The molecule has 1 aromatic carbocycles. The molecule has 2 bridgehead atoms. The molecule has 0 N–H and O–H groups in total. The molecule has 2 saturated heterocycles. The summed E-state index contributed by atoms with van der Waals surface area (Å²) in [6, 6.07) is 7.37. The molecule has 3 aliphatic rings. The third-order valence-corrected chi connectivity index (χ3v) is 6.61. The predicted octanol–water partition coefficient (Wildman–Crippen LogP) is 1.91. The normalized spacial score (nSPS) is 24.0. The molecule has 7 nitrogen and oxygen atoms in total. The van der Waals surface area contributed by atoms with Gasteiger partial charge in [-0.2, -0.15) is 0 Å². The third-order valence-electron chi connectivity index (χ3n) is 5.74. The molecule has 27 heavy (non-hydrogen) atoms. The fraction of sp³-hybridized carbons (Fsp3) is 0.474. The van der Waals surface area contributed by atoms with Crippen molar-refractivity contribution in [1.82, 2.24) is 19.4 Å². The van der Waals surface area contributed by atoms with E-state index in [1.54, 1.807) is 17.0 Å². The van der Waals surface area contributed by atoms with Gasteiger partial charge in [-0.15, -0.1) is 5.10 Å². The minimum Gasteiger partial charge on any atom is -0.378 e. The number of hydrogen-bond acceptors (Lipinski definition) is 6. The van der Waals surface area contributed by atoms with Crippen LogP contribution in [0.4, 0.5) is 0 Å². The van der Waals surface area contributed by atoms with Gasteiger partial charge in [-0.05, 0) is 36.5 Å². The first-order valence-corrected chi connectivity index (χ1v) is 10.1. The zero-order valence-corrected chi connectivity index (χ0v) is 15.7.